The van der Waals surface area contributed by atoms with E-state index in [4.69, 9.17) is 14.2 Å². The van der Waals surface area contributed by atoms with Crippen LogP contribution in [-0.4, -0.2) is 50.7 Å². The van der Waals surface area contributed by atoms with Crippen molar-refractivity contribution >= 4 is 6.09 Å². The summed E-state index contributed by atoms with van der Waals surface area (Å²) in [6, 6.07) is 3.66. The van der Waals surface area contributed by atoms with E-state index in [9.17, 15) is 4.79 Å². The average molecular weight is 415 g/mol. The highest BCUT2D eigenvalue weighted by molar-refractivity contribution is 5.68. The predicted octanol–water partition coefficient (Wildman–Crippen LogP) is 4.31. The molecule has 0 saturated carbocycles. The molecule has 8 nitrogen and oxygen atoms in total. The number of amides is 1. The van der Waals surface area contributed by atoms with Crippen molar-refractivity contribution in [3.8, 4) is 17.5 Å². The Balaban J connectivity index is 1.66. The highest BCUT2D eigenvalue weighted by Gasteiger charge is 2.33. The summed E-state index contributed by atoms with van der Waals surface area (Å²) in [5, 5.41) is 0. The van der Waals surface area contributed by atoms with Gasteiger partial charge in [0.15, 0.2) is 5.75 Å². The Morgan fingerprint density at radius 1 is 1.17 bits per heavy atom. The molecule has 0 aliphatic carbocycles. The van der Waals surface area contributed by atoms with Gasteiger partial charge in [-0.1, -0.05) is 6.92 Å². The summed E-state index contributed by atoms with van der Waals surface area (Å²) in [5.41, 5.74) is 0.998. The molecule has 2 aromatic heterocycles. The SMILES string of the molecule is Cc1ncccc1Oc1ncnc(O[C@@H]2CCN(C(=O)OC(C)(C)C)C[C@H]2C)c1C. The molecule has 0 spiro atoms. The molecule has 3 heterocycles. The van der Waals surface area contributed by atoms with Crippen molar-refractivity contribution in [1.29, 1.82) is 0 Å². The summed E-state index contributed by atoms with van der Waals surface area (Å²) >= 11 is 0. The van der Waals surface area contributed by atoms with Crippen molar-refractivity contribution in [1.82, 2.24) is 19.9 Å². The van der Waals surface area contributed by atoms with Crippen LogP contribution in [0.5, 0.6) is 17.5 Å². The third-order valence-corrected chi connectivity index (χ3v) is 4.90. The molecule has 162 valence electrons. The van der Waals surface area contributed by atoms with E-state index < -0.39 is 5.60 Å². The number of hydrogen-bond donors (Lipinski definition) is 0. The first-order valence-electron chi connectivity index (χ1n) is 10.2. The maximum absolute atomic E-state index is 12.3. The Kier molecular flexibility index (Phi) is 6.43. The van der Waals surface area contributed by atoms with Crippen molar-refractivity contribution < 1.29 is 19.0 Å². The molecular weight excluding hydrogens is 384 g/mol. The minimum absolute atomic E-state index is 0.0646. The zero-order chi connectivity index (χ0) is 21.9. The van der Waals surface area contributed by atoms with E-state index in [1.54, 1.807) is 11.1 Å². The van der Waals surface area contributed by atoms with Crippen LogP contribution in [-0.2, 0) is 4.74 Å². The molecule has 0 N–H and O–H groups in total. The van der Waals surface area contributed by atoms with Gasteiger partial charge < -0.3 is 19.1 Å². The highest BCUT2D eigenvalue weighted by Crippen LogP contribution is 2.31. The van der Waals surface area contributed by atoms with Crippen LogP contribution < -0.4 is 9.47 Å². The van der Waals surface area contributed by atoms with E-state index in [1.165, 1.54) is 6.33 Å². The fourth-order valence-corrected chi connectivity index (χ4v) is 3.26. The van der Waals surface area contributed by atoms with Crippen LogP contribution in [0.1, 0.15) is 45.4 Å². The average Bonchev–Trinajstić information content (AvgIpc) is 2.66. The number of piperidine rings is 1. The monoisotopic (exact) mass is 414 g/mol. The van der Waals surface area contributed by atoms with Gasteiger partial charge in [0.1, 0.15) is 18.0 Å². The van der Waals surface area contributed by atoms with Crippen LogP contribution in [0.2, 0.25) is 0 Å². The molecule has 3 rings (SSSR count). The summed E-state index contributed by atoms with van der Waals surface area (Å²) in [6.07, 6.45) is 3.50. The second-order valence-electron chi connectivity index (χ2n) is 8.65. The van der Waals surface area contributed by atoms with E-state index in [0.29, 0.717) is 37.0 Å². The van der Waals surface area contributed by atoms with Crippen LogP contribution in [0.25, 0.3) is 0 Å². The Morgan fingerprint density at radius 3 is 2.57 bits per heavy atom. The minimum atomic E-state index is -0.505. The topological polar surface area (TPSA) is 86.7 Å². The van der Waals surface area contributed by atoms with E-state index in [-0.39, 0.29) is 18.1 Å². The molecule has 1 fully saturated rings. The molecule has 0 bridgehead atoms. The molecule has 1 aliphatic rings. The zero-order valence-corrected chi connectivity index (χ0v) is 18.5. The van der Waals surface area contributed by atoms with E-state index in [1.807, 2.05) is 46.8 Å². The van der Waals surface area contributed by atoms with Gasteiger partial charge in [-0.3, -0.25) is 4.98 Å². The lowest BCUT2D eigenvalue weighted by Gasteiger charge is -2.37. The fourth-order valence-electron chi connectivity index (χ4n) is 3.26. The molecule has 2 aromatic rings. The minimum Gasteiger partial charge on any atom is -0.474 e. The summed E-state index contributed by atoms with van der Waals surface area (Å²) < 4.78 is 17.6. The number of likely N-dealkylation sites (tertiary alicyclic amines) is 1. The van der Waals surface area contributed by atoms with Gasteiger partial charge in [0, 0.05) is 31.6 Å². The van der Waals surface area contributed by atoms with Crippen molar-refractivity contribution in [2.75, 3.05) is 13.1 Å². The zero-order valence-electron chi connectivity index (χ0n) is 18.5. The molecule has 1 saturated heterocycles. The number of aromatic nitrogens is 3. The standard InChI is InChI=1S/C22H30N4O4/c1-14-12-26(21(27)30-22(4,5)6)11-9-17(14)28-19-15(2)20(25-13-24-19)29-18-8-7-10-23-16(18)3/h7-8,10,13-14,17H,9,11-12H2,1-6H3/t14-,17-/m1/s1. The number of carbonyl (C=O) groups excluding carboxylic acids is 1. The number of carbonyl (C=O) groups is 1. The first-order valence-corrected chi connectivity index (χ1v) is 10.2. The van der Waals surface area contributed by atoms with Gasteiger partial charge in [-0.2, -0.15) is 0 Å². The third-order valence-electron chi connectivity index (χ3n) is 4.90. The van der Waals surface area contributed by atoms with Gasteiger partial charge >= 0.3 is 6.09 Å². The summed E-state index contributed by atoms with van der Waals surface area (Å²) in [5.74, 6) is 1.70. The first kappa shape index (κ1) is 21.8. The quantitative estimate of drug-likeness (QED) is 0.737. The molecule has 1 aliphatic heterocycles. The second-order valence-corrected chi connectivity index (χ2v) is 8.65. The summed E-state index contributed by atoms with van der Waals surface area (Å²) in [7, 11) is 0. The molecule has 8 heteroatoms. The maximum atomic E-state index is 12.3. The smallest absolute Gasteiger partial charge is 0.410 e. The first-order chi connectivity index (χ1) is 14.1. The van der Waals surface area contributed by atoms with E-state index in [0.717, 1.165) is 11.3 Å². The van der Waals surface area contributed by atoms with Crippen LogP contribution in [0.15, 0.2) is 24.7 Å². The van der Waals surface area contributed by atoms with Gasteiger partial charge in [0.05, 0.1) is 11.3 Å². The number of rotatable bonds is 4. The molecule has 2 atom stereocenters. The lowest BCUT2D eigenvalue weighted by Crippen LogP contribution is -2.48. The molecule has 30 heavy (non-hydrogen) atoms. The van der Waals surface area contributed by atoms with Crippen LogP contribution in [0.4, 0.5) is 4.79 Å². The van der Waals surface area contributed by atoms with Crippen molar-refractivity contribution in [2.24, 2.45) is 5.92 Å². The van der Waals surface area contributed by atoms with Crippen LogP contribution >= 0.6 is 0 Å². The molecule has 0 aromatic carbocycles. The third kappa shape index (κ3) is 5.37. The van der Waals surface area contributed by atoms with Gasteiger partial charge in [-0.25, -0.2) is 14.8 Å². The van der Waals surface area contributed by atoms with E-state index in [2.05, 4.69) is 21.9 Å². The normalized spacial score (nSPS) is 19.3. The molecule has 1 amide bonds. The Morgan fingerprint density at radius 2 is 1.90 bits per heavy atom. The maximum Gasteiger partial charge on any atom is 0.410 e. The molecular formula is C22H30N4O4. The molecule has 0 radical (unpaired) electrons. The largest absolute Gasteiger partial charge is 0.474 e. The lowest BCUT2D eigenvalue weighted by molar-refractivity contribution is -0.000518. The van der Waals surface area contributed by atoms with Crippen molar-refractivity contribution in [3.05, 3.63) is 35.9 Å². The van der Waals surface area contributed by atoms with E-state index >= 15 is 0 Å². The predicted molar refractivity (Wildman–Crippen MR) is 112 cm³/mol. The van der Waals surface area contributed by atoms with Gasteiger partial charge in [0.25, 0.3) is 0 Å². The molecule has 0 unspecified atom stereocenters. The van der Waals surface area contributed by atoms with Crippen molar-refractivity contribution in [2.45, 2.75) is 59.7 Å². The number of hydrogen-bond acceptors (Lipinski definition) is 7. The Hall–Kier alpha value is -2.90. The number of nitrogens with zero attached hydrogens (tertiary/aromatic N) is 4. The van der Waals surface area contributed by atoms with Gasteiger partial charge in [-0.05, 0) is 46.8 Å². The number of aryl methyl sites for hydroxylation is 1. The second kappa shape index (κ2) is 8.85. The van der Waals surface area contributed by atoms with Crippen LogP contribution in [0, 0.1) is 19.8 Å². The fraction of sp³-hybridized carbons (Fsp3) is 0.545. The Bertz CT molecular complexity index is 897. The van der Waals surface area contributed by atoms with Crippen molar-refractivity contribution in [3.63, 3.8) is 0 Å². The Labute approximate surface area is 177 Å². The highest BCUT2D eigenvalue weighted by atomic mass is 16.6. The lowest BCUT2D eigenvalue weighted by atomic mass is 9.97. The van der Waals surface area contributed by atoms with Gasteiger partial charge in [-0.15, -0.1) is 0 Å². The summed E-state index contributed by atoms with van der Waals surface area (Å²) in [6.45, 7) is 12.6. The summed E-state index contributed by atoms with van der Waals surface area (Å²) in [4.78, 5) is 26.9. The van der Waals surface area contributed by atoms with Crippen LogP contribution in [0.3, 0.4) is 0 Å². The van der Waals surface area contributed by atoms with Gasteiger partial charge in [0.2, 0.25) is 11.8 Å². The number of ether oxygens (including phenoxy) is 3. The number of pyridine rings is 1.